The molecule has 0 aliphatic carbocycles. The smallest absolute Gasteiger partial charge is 0.420 e. The average molecular weight is 1030 g/mol. The number of pyridine rings is 1. The summed E-state index contributed by atoms with van der Waals surface area (Å²) in [7, 11) is -2.74. The van der Waals surface area contributed by atoms with Crippen molar-refractivity contribution in [3.8, 4) is 5.75 Å². The van der Waals surface area contributed by atoms with Crippen LogP contribution >= 0.6 is 23.1 Å². The van der Waals surface area contributed by atoms with Crippen molar-refractivity contribution < 1.29 is 23.6 Å². The van der Waals surface area contributed by atoms with Crippen molar-refractivity contribution in [3.63, 3.8) is 0 Å². The van der Waals surface area contributed by atoms with Crippen molar-refractivity contribution >= 4 is 85.1 Å². The number of fused-ring (bicyclic) bond motifs is 2. The van der Waals surface area contributed by atoms with Gasteiger partial charge in [0.25, 0.3) is 0 Å². The van der Waals surface area contributed by atoms with Crippen LogP contribution in [-0.2, 0) is 28.6 Å². The molecule has 2 aliphatic heterocycles. The van der Waals surface area contributed by atoms with E-state index in [4.69, 9.17) is 24.9 Å². The Morgan fingerprint density at radius 1 is 0.971 bits per heavy atom. The first-order chi connectivity index (χ1) is 33.2. The third kappa shape index (κ3) is 11.3. The topological polar surface area (TPSA) is 197 Å². The van der Waals surface area contributed by atoms with Gasteiger partial charge in [0.05, 0.1) is 46.1 Å². The number of hydrogen-bond donors (Lipinski definition) is 4. The fraction of sp³-hybridized carbons (Fsp3) is 0.471. The highest BCUT2D eigenvalue weighted by Crippen LogP contribution is 2.42. The summed E-state index contributed by atoms with van der Waals surface area (Å²) >= 11 is 3.64. The number of piperidine rings is 1. The van der Waals surface area contributed by atoms with Crippen LogP contribution in [-0.4, -0.2) is 119 Å². The SMILES string of the molecule is CCOc1cc(N2CCC(N3CCN(CCc4cc5oc(=O)n(C(CO)CCC(N)=O)c5cc4C)CC3)CC2)c(CC)cc1Nc1ncc(Br)c(Nc2ccc3nc(CC)ccc3c2P(C)(C)=O)n1. The van der Waals surface area contributed by atoms with Gasteiger partial charge in [0.2, 0.25) is 11.9 Å². The molecule has 368 valence electrons. The number of aliphatic hydroxyl groups excluding tert-OH is 1. The van der Waals surface area contributed by atoms with Gasteiger partial charge in [-0.3, -0.25) is 19.2 Å². The number of primary amides is 1. The van der Waals surface area contributed by atoms with E-state index < -0.39 is 24.8 Å². The Balaban J connectivity index is 0.886. The monoisotopic (exact) mass is 1020 g/mol. The number of carbonyl (C=O) groups excluding carboxylic acids is 1. The molecule has 1 amide bonds. The van der Waals surface area contributed by atoms with E-state index in [1.807, 2.05) is 50.2 Å². The van der Waals surface area contributed by atoms with Gasteiger partial charge in [0.15, 0.2) is 5.58 Å². The van der Waals surface area contributed by atoms with E-state index >= 15 is 0 Å². The minimum atomic E-state index is -2.74. The van der Waals surface area contributed by atoms with Crippen LogP contribution in [0.15, 0.2) is 68.4 Å². The van der Waals surface area contributed by atoms with E-state index in [0.717, 1.165) is 122 Å². The zero-order valence-corrected chi connectivity index (χ0v) is 43.2. The molecule has 0 saturated carbocycles. The molecule has 0 spiro atoms. The summed E-state index contributed by atoms with van der Waals surface area (Å²) < 4.78 is 27.8. The number of ether oxygens (including phenoxy) is 1. The van der Waals surface area contributed by atoms with E-state index in [1.54, 1.807) is 19.5 Å². The summed E-state index contributed by atoms with van der Waals surface area (Å²) in [6, 6.07) is 16.1. The zero-order chi connectivity index (χ0) is 49.0. The molecule has 2 saturated heterocycles. The number of rotatable bonds is 19. The molecule has 2 aliphatic rings. The van der Waals surface area contributed by atoms with Crippen molar-refractivity contribution in [2.24, 2.45) is 5.73 Å². The number of nitrogens with two attached hydrogens (primary N) is 1. The number of oxazole rings is 1. The van der Waals surface area contributed by atoms with Crippen LogP contribution in [0.2, 0.25) is 0 Å². The Morgan fingerprint density at radius 2 is 1.74 bits per heavy atom. The highest BCUT2D eigenvalue weighted by atomic mass is 79.9. The van der Waals surface area contributed by atoms with Crippen molar-refractivity contribution in [1.29, 1.82) is 0 Å². The Bertz CT molecular complexity index is 2920. The molecule has 1 atom stereocenters. The van der Waals surface area contributed by atoms with Gasteiger partial charge in [0.1, 0.15) is 18.7 Å². The number of hydrogen-bond acceptors (Lipinski definition) is 14. The van der Waals surface area contributed by atoms with Crippen LogP contribution < -0.4 is 37.1 Å². The maximum Gasteiger partial charge on any atom is 0.420 e. The largest absolute Gasteiger partial charge is 0.492 e. The number of nitrogens with one attached hydrogen (secondary N) is 2. The number of nitrogens with zero attached hydrogens (tertiary/aromatic N) is 7. The molecule has 0 bridgehead atoms. The Labute approximate surface area is 412 Å². The van der Waals surface area contributed by atoms with Gasteiger partial charge in [-0.1, -0.05) is 19.9 Å². The van der Waals surface area contributed by atoms with Crippen LogP contribution in [0, 0.1) is 6.92 Å². The van der Waals surface area contributed by atoms with Crippen molar-refractivity contribution in [2.45, 2.75) is 84.7 Å². The molecule has 8 rings (SSSR count). The summed E-state index contributed by atoms with van der Waals surface area (Å²) in [6.45, 7) is 18.9. The number of carbonyl (C=O) groups is 1. The number of benzene rings is 3. The molecule has 3 aromatic heterocycles. The first-order valence-electron chi connectivity index (χ1n) is 24.3. The maximum atomic E-state index is 13.8. The van der Waals surface area contributed by atoms with Crippen molar-refractivity contribution in [3.05, 3.63) is 92.1 Å². The van der Waals surface area contributed by atoms with E-state index in [0.29, 0.717) is 45.7 Å². The van der Waals surface area contributed by atoms with Gasteiger partial charge in [-0.15, -0.1) is 0 Å². The lowest BCUT2D eigenvalue weighted by Gasteiger charge is -2.43. The molecule has 69 heavy (non-hydrogen) atoms. The quantitative estimate of drug-likeness (QED) is 0.0572. The highest BCUT2D eigenvalue weighted by molar-refractivity contribution is 9.10. The second-order valence-electron chi connectivity index (χ2n) is 18.6. The lowest BCUT2D eigenvalue weighted by Crippen LogP contribution is -2.53. The number of aliphatic hydroxyl groups is 1. The van der Waals surface area contributed by atoms with Crippen LogP contribution in [0.25, 0.3) is 22.0 Å². The Hall–Kier alpha value is -5.32. The second-order valence-corrected chi connectivity index (χ2v) is 22.6. The van der Waals surface area contributed by atoms with E-state index in [9.17, 15) is 19.3 Å². The molecule has 3 aromatic carbocycles. The summed E-state index contributed by atoms with van der Waals surface area (Å²) in [6.07, 6.45) is 6.71. The summed E-state index contributed by atoms with van der Waals surface area (Å²) in [4.78, 5) is 46.2. The number of halogens is 1. The number of anilines is 5. The Morgan fingerprint density at radius 3 is 2.42 bits per heavy atom. The second kappa shape index (κ2) is 21.8. The van der Waals surface area contributed by atoms with Gasteiger partial charge in [-0.05, 0) is 135 Å². The molecule has 16 nitrogen and oxygen atoms in total. The minimum absolute atomic E-state index is 0.0729. The summed E-state index contributed by atoms with van der Waals surface area (Å²) in [5.74, 6) is 0.661. The maximum absolute atomic E-state index is 13.8. The standard InChI is InChI=1S/C51H66BrN10O6P/c1-7-33-27-42(57-50-54-30-39(52)49(58-50)56-41-14-13-40-38(48(41)69(5,6)66)12-10-35(8-2)55-40)45(67-9-3)29-43(33)61-20-17-36(18-21-61)60-24-22-59(23-25-60)19-16-34-28-46-44(26-32(34)4)62(51(65)68-46)37(31-63)11-15-47(53)64/h10,12-14,26-30,36-37,63H,7-9,11,15-25,31H2,1-6H3,(H2,53,64)(H2,54,56,57,58). The van der Waals surface area contributed by atoms with Crippen LogP contribution in [0.4, 0.5) is 28.8 Å². The normalized spacial score (nSPS) is 15.8. The molecule has 5 N–H and O–H groups in total. The number of amides is 1. The van der Waals surface area contributed by atoms with Gasteiger partial charge in [-0.25, -0.2) is 9.78 Å². The third-order valence-electron chi connectivity index (χ3n) is 13.7. The fourth-order valence-corrected chi connectivity index (χ4v) is 11.8. The van der Waals surface area contributed by atoms with E-state index in [-0.39, 0.29) is 19.4 Å². The number of aromatic nitrogens is 4. The van der Waals surface area contributed by atoms with E-state index in [2.05, 4.69) is 72.2 Å². The predicted octanol–water partition coefficient (Wildman–Crippen LogP) is 7.89. The molecule has 18 heteroatoms. The van der Waals surface area contributed by atoms with Crippen molar-refractivity contribution in [2.75, 3.05) is 87.9 Å². The minimum Gasteiger partial charge on any atom is -0.492 e. The molecule has 5 heterocycles. The summed E-state index contributed by atoms with van der Waals surface area (Å²) in [5, 5.41) is 18.5. The molecule has 6 aromatic rings. The molecular weight excluding hydrogens is 960 g/mol. The zero-order valence-electron chi connectivity index (χ0n) is 40.7. The van der Waals surface area contributed by atoms with Crippen molar-refractivity contribution in [1.82, 2.24) is 29.3 Å². The first-order valence-corrected chi connectivity index (χ1v) is 27.7. The lowest BCUT2D eigenvalue weighted by molar-refractivity contribution is -0.118. The number of aryl methyl sites for hydroxylation is 3. The Kier molecular flexibility index (Phi) is 15.8. The van der Waals surface area contributed by atoms with Gasteiger partial charge >= 0.3 is 5.76 Å². The fourth-order valence-electron chi connectivity index (χ4n) is 9.99. The summed E-state index contributed by atoms with van der Waals surface area (Å²) in [5.41, 5.74) is 14.4. The average Bonchev–Trinajstić information content (AvgIpc) is 3.65. The molecular formula is C51H66BrN10O6P. The van der Waals surface area contributed by atoms with Gasteiger partial charge in [-0.2, -0.15) is 4.98 Å². The molecule has 1 unspecified atom stereocenters. The number of piperazine rings is 1. The highest BCUT2D eigenvalue weighted by Gasteiger charge is 2.30. The predicted molar refractivity (Wildman–Crippen MR) is 280 cm³/mol. The van der Waals surface area contributed by atoms with E-state index in [1.165, 1.54) is 15.8 Å². The molecule has 0 radical (unpaired) electrons. The van der Waals surface area contributed by atoms with Crippen LogP contribution in [0.1, 0.15) is 74.9 Å². The van der Waals surface area contributed by atoms with Gasteiger partial charge < -0.3 is 45.0 Å². The third-order valence-corrected chi connectivity index (χ3v) is 15.8. The molecule has 2 fully saturated rings. The van der Waals surface area contributed by atoms with Crippen LogP contribution in [0.5, 0.6) is 5.75 Å². The van der Waals surface area contributed by atoms with Crippen LogP contribution in [0.3, 0.4) is 0 Å². The van der Waals surface area contributed by atoms with Gasteiger partial charge in [0, 0.05) is 92.6 Å². The lowest BCUT2D eigenvalue weighted by atomic mass is 9.99. The first kappa shape index (κ1) is 50.1.